The number of carbonyl (C=O) groups is 2. The molecule has 5 nitrogen and oxygen atoms in total. The van der Waals surface area contributed by atoms with Gasteiger partial charge >= 0.3 is 0 Å². The molecule has 0 spiro atoms. The molecular formula is C24H28ClN3O2S. The molecule has 0 saturated carbocycles. The fourth-order valence-corrected chi connectivity index (χ4v) is 5.51. The molecule has 7 heteroatoms. The van der Waals surface area contributed by atoms with Crippen LogP contribution in [0.2, 0.25) is 5.02 Å². The van der Waals surface area contributed by atoms with Crippen molar-refractivity contribution in [1.82, 2.24) is 10.2 Å². The second kappa shape index (κ2) is 10.1. The summed E-state index contributed by atoms with van der Waals surface area (Å²) in [5.41, 5.74) is 3.10. The van der Waals surface area contributed by atoms with Crippen LogP contribution in [0.15, 0.2) is 47.4 Å². The first-order valence-corrected chi connectivity index (χ1v) is 12.1. The van der Waals surface area contributed by atoms with Gasteiger partial charge in [0.2, 0.25) is 11.8 Å². The summed E-state index contributed by atoms with van der Waals surface area (Å²) in [5.74, 6) is 0.460. The van der Waals surface area contributed by atoms with Crippen LogP contribution in [0.1, 0.15) is 37.3 Å². The largest absolute Gasteiger partial charge is 0.352 e. The Morgan fingerprint density at radius 3 is 2.87 bits per heavy atom. The van der Waals surface area contributed by atoms with Gasteiger partial charge in [0.1, 0.15) is 0 Å². The molecule has 2 atom stereocenters. The number of fused-ring (bicyclic) bond motifs is 1. The molecule has 0 aliphatic carbocycles. The molecule has 164 valence electrons. The van der Waals surface area contributed by atoms with E-state index in [1.165, 1.54) is 30.2 Å². The van der Waals surface area contributed by atoms with Gasteiger partial charge in [-0.25, -0.2) is 0 Å². The molecule has 0 bridgehead atoms. The third-order valence-corrected chi connectivity index (χ3v) is 7.37. The smallest absolute Gasteiger partial charge is 0.238 e. The number of carbonyl (C=O) groups excluding carboxylic acids is 2. The molecule has 0 radical (unpaired) electrons. The lowest BCUT2D eigenvalue weighted by Gasteiger charge is -2.31. The number of piperidine rings is 1. The zero-order chi connectivity index (χ0) is 21.8. The van der Waals surface area contributed by atoms with Gasteiger partial charge in [-0.05, 0) is 54.6 Å². The number of halogens is 1. The Morgan fingerprint density at radius 2 is 2.06 bits per heavy atom. The zero-order valence-corrected chi connectivity index (χ0v) is 19.3. The first-order valence-electron chi connectivity index (χ1n) is 10.8. The highest BCUT2D eigenvalue weighted by Gasteiger charge is 2.29. The summed E-state index contributed by atoms with van der Waals surface area (Å²) in [7, 11) is 0. The summed E-state index contributed by atoms with van der Waals surface area (Å²) in [6.07, 6.45) is 2.69. The molecule has 2 unspecified atom stereocenters. The summed E-state index contributed by atoms with van der Waals surface area (Å²) in [4.78, 5) is 28.5. The van der Waals surface area contributed by atoms with Crippen molar-refractivity contribution in [1.29, 1.82) is 0 Å². The van der Waals surface area contributed by atoms with Crippen LogP contribution in [0.4, 0.5) is 5.69 Å². The van der Waals surface area contributed by atoms with Gasteiger partial charge in [-0.1, -0.05) is 42.8 Å². The lowest BCUT2D eigenvalue weighted by molar-refractivity contribution is -0.124. The number of anilines is 1. The predicted molar refractivity (Wildman–Crippen MR) is 126 cm³/mol. The van der Waals surface area contributed by atoms with E-state index < -0.39 is 5.25 Å². The van der Waals surface area contributed by atoms with Gasteiger partial charge in [-0.15, -0.1) is 11.8 Å². The van der Waals surface area contributed by atoms with E-state index in [9.17, 15) is 9.59 Å². The number of nitrogens with one attached hydrogen (secondary N) is 2. The Morgan fingerprint density at radius 1 is 1.26 bits per heavy atom. The molecule has 2 aromatic carbocycles. The minimum Gasteiger partial charge on any atom is -0.352 e. The molecule has 4 rings (SSSR count). The van der Waals surface area contributed by atoms with E-state index in [-0.39, 0.29) is 18.2 Å². The van der Waals surface area contributed by atoms with Crippen LogP contribution in [0.5, 0.6) is 0 Å². The van der Waals surface area contributed by atoms with Gasteiger partial charge in [0.25, 0.3) is 0 Å². The topological polar surface area (TPSA) is 61.4 Å². The van der Waals surface area contributed by atoms with Crippen LogP contribution in [0.3, 0.4) is 0 Å². The average Bonchev–Trinajstić information content (AvgIpc) is 2.74. The van der Waals surface area contributed by atoms with Crippen molar-refractivity contribution in [3.05, 3.63) is 58.6 Å². The van der Waals surface area contributed by atoms with E-state index in [0.717, 1.165) is 36.0 Å². The first-order chi connectivity index (χ1) is 15.0. The minimum atomic E-state index is -0.446. The maximum Gasteiger partial charge on any atom is 0.238 e. The maximum atomic E-state index is 12.6. The third kappa shape index (κ3) is 5.82. The Bertz CT molecular complexity index is 968. The molecule has 2 aliphatic rings. The Kier molecular flexibility index (Phi) is 7.20. The molecule has 2 amide bonds. The number of hydrogen-bond donors (Lipinski definition) is 2. The second-order valence-corrected chi connectivity index (χ2v) is 10.1. The number of benzene rings is 2. The second-order valence-electron chi connectivity index (χ2n) is 8.47. The van der Waals surface area contributed by atoms with E-state index in [2.05, 4.69) is 40.7 Å². The molecule has 2 aromatic rings. The summed E-state index contributed by atoms with van der Waals surface area (Å²) < 4.78 is 0. The van der Waals surface area contributed by atoms with Crippen molar-refractivity contribution in [3.8, 4) is 0 Å². The molecule has 0 aromatic heterocycles. The fraction of sp³-hybridized carbons (Fsp3) is 0.417. The van der Waals surface area contributed by atoms with E-state index >= 15 is 0 Å². The van der Waals surface area contributed by atoms with Crippen LogP contribution >= 0.6 is 23.4 Å². The monoisotopic (exact) mass is 457 g/mol. The standard InChI is InChI=1S/C24H28ClN3O2S/c1-16-5-4-10-28(14-16)15-18-7-3-2-6-17(18)13-26-23(29)12-22-24(30)27-20-11-19(25)8-9-21(20)31-22/h2-3,6-9,11,16,22H,4-5,10,12-15H2,1H3,(H,26,29)(H,27,30). The molecular weight excluding hydrogens is 430 g/mol. The molecule has 2 aliphatic heterocycles. The summed E-state index contributed by atoms with van der Waals surface area (Å²) in [6.45, 7) is 5.96. The average molecular weight is 458 g/mol. The van der Waals surface area contributed by atoms with Crippen LogP contribution in [-0.4, -0.2) is 35.1 Å². The fourth-order valence-electron chi connectivity index (χ4n) is 4.25. The highest BCUT2D eigenvalue weighted by atomic mass is 35.5. The lowest BCUT2D eigenvalue weighted by atomic mass is 9.99. The Hall–Kier alpha value is -2.02. The van der Waals surface area contributed by atoms with Crippen molar-refractivity contribution >= 4 is 40.9 Å². The summed E-state index contributed by atoms with van der Waals surface area (Å²) in [6, 6.07) is 13.7. The van der Waals surface area contributed by atoms with Crippen LogP contribution < -0.4 is 10.6 Å². The van der Waals surface area contributed by atoms with Crippen molar-refractivity contribution < 1.29 is 9.59 Å². The van der Waals surface area contributed by atoms with Crippen LogP contribution in [0, 0.1) is 5.92 Å². The van der Waals surface area contributed by atoms with Gasteiger partial charge in [0.15, 0.2) is 0 Å². The number of rotatable bonds is 6. The molecule has 2 N–H and O–H groups in total. The van der Waals surface area contributed by atoms with Crippen molar-refractivity contribution in [2.24, 2.45) is 5.92 Å². The van der Waals surface area contributed by atoms with Crippen molar-refractivity contribution in [2.75, 3.05) is 18.4 Å². The first kappa shape index (κ1) is 22.2. The highest BCUT2D eigenvalue weighted by Crippen LogP contribution is 2.38. The van der Waals surface area contributed by atoms with E-state index in [1.54, 1.807) is 12.1 Å². The van der Waals surface area contributed by atoms with E-state index in [1.807, 2.05) is 12.1 Å². The highest BCUT2D eigenvalue weighted by molar-refractivity contribution is 8.01. The lowest BCUT2D eigenvalue weighted by Crippen LogP contribution is -2.35. The zero-order valence-electron chi connectivity index (χ0n) is 17.7. The van der Waals surface area contributed by atoms with Gasteiger partial charge < -0.3 is 10.6 Å². The van der Waals surface area contributed by atoms with Gasteiger partial charge in [0.05, 0.1) is 10.9 Å². The Balaban J connectivity index is 1.33. The summed E-state index contributed by atoms with van der Waals surface area (Å²) >= 11 is 7.41. The van der Waals surface area contributed by atoms with Gasteiger partial charge in [-0.2, -0.15) is 0 Å². The number of nitrogens with zero attached hydrogens (tertiary/aromatic N) is 1. The van der Waals surface area contributed by atoms with Gasteiger partial charge in [0, 0.05) is 36.0 Å². The number of amides is 2. The van der Waals surface area contributed by atoms with Crippen LogP contribution in [0.25, 0.3) is 0 Å². The van der Waals surface area contributed by atoms with E-state index in [0.29, 0.717) is 17.3 Å². The number of thioether (sulfide) groups is 1. The third-order valence-electron chi connectivity index (χ3n) is 5.86. The molecule has 2 heterocycles. The normalized spacial score (nSPS) is 21.3. The quantitative estimate of drug-likeness (QED) is 0.660. The number of likely N-dealkylation sites (tertiary alicyclic amines) is 1. The van der Waals surface area contributed by atoms with Crippen molar-refractivity contribution in [3.63, 3.8) is 0 Å². The van der Waals surface area contributed by atoms with E-state index in [4.69, 9.17) is 11.6 Å². The summed E-state index contributed by atoms with van der Waals surface area (Å²) in [5, 5.41) is 6.00. The molecule has 31 heavy (non-hydrogen) atoms. The minimum absolute atomic E-state index is 0.119. The Labute approximate surface area is 192 Å². The SMILES string of the molecule is CC1CCCN(Cc2ccccc2CNC(=O)CC2Sc3ccc(Cl)cc3NC2=O)C1. The molecule has 1 fully saturated rings. The van der Waals surface area contributed by atoms with Crippen molar-refractivity contribution in [2.45, 2.75) is 49.4 Å². The van der Waals surface area contributed by atoms with Gasteiger partial charge in [-0.3, -0.25) is 14.5 Å². The predicted octanol–water partition coefficient (Wildman–Crippen LogP) is 4.69. The molecule has 1 saturated heterocycles. The number of hydrogen-bond acceptors (Lipinski definition) is 4. The van der Waals surface area contributed by atoms with Crippen LogP contribution in [-0.2, 0) is 22.7 Å². The maximum absolute atomic E-state index is 12.6.